The van der Waals surface area contributed by atoms with Gasteiger partial charge in [0, 0.05) is 6.20 Å². The topological polar surface area (TPSA) is 93.5 Å². The average Bonchev–Trinajstić information content (AvgIpc) is 2.96. The van der Waals surface area contributed by atoms with Gasteiger partial charge in [-0.15, -0.1) is 0 Å². The van der Waals surface area contributed by atoms with Gasteiger partial charge in [0.05, 0.1) is 12.8 Å². The van der Waals surface area contributed by atoms with Crippen molar-refractivity contribution in [3.8, 4) is 5.75 Å². The Labute approximate surface area is 127 Å². The van der Waals surface area contributed by atoms with Crippen LogP contribution in [0.1, 0.15) is 29.0 Å². The number of anilines is 1. The fourth-order valence-corrected chi connectivity index (χ4v) is 1.89. The van der Waals surface area contributed by atoms with E-state index < -0.39 is 17.9 Å². The normalized spacial score (nSPS) is 11.8. The molecule has 1 unspecified atom stereocenters. The molecule has 22 heavy (non-hydrogen) atoms. The lowest BCUT2D eigenvalue weighted by molar-refractivity contribution is -0.140. The van der Waals surface area contributed by atoms with Gasteiger partial charge >= 0.3 is 5.97 Å². The van der Waals surface area contributed by atoms with Crippen molar-refractivity contribution in [2.24, 2.45) is 0 Å². The first-order valence-electron chi connectivity index (χ1n) is 6.66. The summed E-state index contributed by atoms with van der Waals surface area (Å²) in [6.45, 7) is 3.39. The molecule has 0 radical (unpaired) electrons. The molecule has 116 valence electrons. The molecule has 0 saturated heterocycles. The van der Waals surface area contributed by atoms with Crippen LogP contribution in [0.5, 0.6) is 5.75 Å². The molecule has 7 heteroatoms. The molecule has 0 aliphatic rings. The van der Waals surface area contributed by atoms with Crippen LogP contribution in [-0.2, 0) is 4.79 Å². The summed E-state index contributed by atoms with van der Waals surface area (Å²) in [7, 11) is 1.52. The number of amides is 1. The Bertz CT molecular complexity index is 709. The van der Waals surface area contributed by atoms with Gasteiger partial charge in [0.25, 0.3) is 5.91 Å². The van der Waals surface area contributed by atoms with E-state index in [2.05, 4.69) is 10.4 Å². The van der Waals surface area contributed by atoms with Crippen molar-refractivity contribution >= 4 is 17.6 Å². The van der Waals surface area contributed by atoms with E-state index in [-0.39, 0.29) is 5.69 Å². The molecule has 0 spiro atoms. The van der Waals surface area contributed by atoms with Crippen molar-refractivity contribution in [2.45, 2.75) is 19.9 Å². The molecular weight excluding hydrogens is 286 g/mol. The first-order valence-corrected chi connectivity index (χ1v) is 6.66. The number of aromatic nitrogens is 2. The maximum atomic E-state index is 12.2. The molecule has 2 rings (SSSR count). The third kappa shape index (κ3) is 3.25. The second kappa shape index (κ2) is 6.30. The number of carboxylic acids is 1. The summed E-state index contributed by atoms with van der Waals surface area (Å²) in [5, 5.41) is 15.6. The molecule has 1 amide bonds. The number of hydrogen-bond acceptors (Lipinski definition) is 4. The second-order valence-electron chi connectivity index (χ2n) is 4.85. The third-order valence-corrected chi connectivity index (χ3v) is 3.20. The predicted molar refractivity (Wildman–Crippen MR) is 80.3 cm³/mol. The quantitative estimate of drug-likeness (QED) is 0.882. The van der Waals surface area contributed by atoms with Crippen LogP contribution in [-0.4, -0.2) is 33.9 Å². The number of carboxylic acid groups (broad SMARTS) is 1. The Kier molecular flexibility index (Phi) is 4.45. The monoisotopic (exact) mass is 303 g/mol. The number of hydrogen-bond donors (Lipinski definition) is 2. The van der Waals surface area contributed by atoms with Crippen LogP contribution in [0, 0.1) is 6.92 Å². The highest BCUT2D eigenvalue weighted by Crippen LogP contribution is 2.25. The zero-order valence-corrected chi connectivity index (χ0v) is 12.5. The van der Waals surface area contributed by atoms with Gasteiger partial charge in [-0.3, -0.25) is 9.48 Å². The maximum absolute atomic E-state index is 12.2. The van der Waals surface area contributed by atoms with E-state index in [0.29, 0.717) is 11.4 Å². The number of nitrogens with one attached hydrogen (secondary N) is 1. The fourth-order valence-electron chi connectivity index (χ4n) is 1.89. The number of nitrogens with zero attached hydrogens (tertiary/aromatic N) is 2. The van der Waals surface area contributed by atoms with Gasteiger partial charge in [0.2, 0.25) is 0 Å². The summed E-state index contributed by atoms with van der Waals surface area (Å²) in [5.74, 6) is -0.909. The summed E-state index contributed by atoms with van der Waals surface area (Å²) < 4.78 is 6.42. The minimum atomic E-state index is -1.02. The van der Waals surface area contributed by atoms with E-state index in [1.54, 1.807) is 12.1 Å². The molecule has 1 aromatic carbocycles. The maximum Gasteiger partial charge on any atom is 0.328 e. The lowest BCUT2D eigenvalue weighted by atomic mass is 10.2. The van der Waals surface area contributed by atoms with Crippen molar-refractivity contribution < 1.29 is 19.4 Å². The fraction of sp³-hybridized carbons (Fsp3) is 0.267. The molecule has 0 fully saturated rings. The van der Waals surface area contributed by atoms with Crippen LogP contribution < -0.4 is 10.1 Å². The Hall–Kier alpha value is -2.83. The van der Waals surface area contributed by atoms with Gasteiger partial charge in [0.15, 0.2) is 5.69 Å². The predicted octanol–water partition coefficient (Wildman–Crippen LogP) is 2.10. The van der Waals surface area contributed by atoms with E-state index >= 15 is 0 Å². The van der Waals surface area contributed by atoms with Crippen molar-refractivity contribution in [1.82, 2.24) is 9.78 Å². The number of aliphatic carboxylic acids is 1. The van der Waals surface area contributed by atoms with Crippen molar-refractivity contribution in [3.63, 3.8) is 0 Å². The molecule has 1 atom stereocenters. The molecule has 1 heterocycles. The van der Waals surface area contributed by atoms with Crippen molar-refractivity contribution in [3.05, 3.63) is 41.7 Å². The van der Waals surface area contributed by atoms with Gasteiger partial charge in [-0.1, -0.05) is 6.07 Å². The highest BCUT2D eigenvalue weighted by Gasteiger charge is 2.17. The summed E-state index contributed by atoms with van der Waals surface area (Å²) in [6, 6.07) is 6.05. The number of benzene rings is 1. The van der Waals surface area contributed by atoms with E-state index in [4.69, 9.17) is 9.84 Å². The largest absolute Gasteiger partial charge is 0.495 e. The van der Waals surface area contributed by atoms with Gasteiger partial charge in [-0.2, -0.15) is 5.10 Å². The van der Waals surface area contributed by atoms with E-state index in [0.717, 1.165) is 5.56 Å². The first-order chi connectivity index (χ1) is 10.4. The van der Waals surface area contributed by atoms with Crippen LogP contribution in [0.25, 0.3) is 0 Å². The number of carbonyl (C=O) groups excluding carboxylic acids is 1. The lowest BCUT2D eigenvalue weighted by Crippen LogP contribution is -2.18. The van der Waals surface area contributed by atoms with Crippen LogP contribution in [0.15, 0.2) is 30.5 Å². The molecule has 2 aromatic rings. The molecule has 0 aliphatic carbocycles. The van der Waals surface area contributed by atoms with Crippen LogP contribution in [0.2, 0.25) is 0 Å². The van der Waals surface area contributed by atoms with E-state index in [1.807, 2.05) is 13.0 Å². The number of ether oxygens (including phenoxy) is 1. The smallest absolute Gasteiger partial charge is 0.328 e. The Morgan fingerprint density at radius 2 is 2.09 bits per heavy atom. The summed E-state index contributed by atoms with van der Waals surface area (Å²) in [5.41, 5.74) is 1.64. The average molecular weight is 303 g/mol. The van der Waals surface area contributed by atoms with Gasteiger partial charge < -0.3 is 15.2 Å². The highest BCUT2D eigenvalue weighted by molar-refractivity contribution is 6.03. The third-order valence-electron chi connectivity index (χ3n) is 3.20. The summed E-state index contributed by atoms with van der Waals surface area (Å²) in [6.07, 6.45) is 1.46. The molecule has 7 nitrogen and oxygen atoms in total. The summed E-state index contributed by atoms with van der Waals surface area (Å²) >= 11 is 0. The van der Waals surface area contributed by atoms with Crippen LogP contribution in [0.4, 0.5) is 5.69 Å². The Morgan fingerprint density at radius 1 is 1.36 bits per heavy atom. The molecular formula is C15H17N3O4. The number of aryl methyl sites for hydroxylation is 1. The van der Waals surface area contributed by atoms with E-state index in [1.165, 1.54) is 31.0 Å². The lowest BCUT2D eigenvalue weighted by Gasteiger charge is -2.10. The van der Waals surface area contributed by atoms with Crippen LogP contribution in [0.3, 0.4) is 0 Å². The van der Waals surface area contributed by atoms with Gasteiger partial charge in [0.1, 0.15) is 11.8 Å². The van der Waals surface area contributed by atoms with Gasteiger partial charge in [-0.05, 0) is 37.6 Å². The number of rotatable bonds is 5. The van der Waals surface area contributed by atoms with E-state index in [9.17, 15) is 9.59 Å². The Balaban J connectivity index is 2.20. The first kappa shape index (κ1) is 15.6. The Morgan fingerprint density at radius 3 is 2.73 bits per heavy atom. The molecule has 1 aromatic heterocycles. The highest BCUT2D eigenvalue weighted by atomic mass is 16.5. The van der Waals surface area contributed by atoms with Crippen molar-refractivity contribution in [2.75, 3.05) is 12.4 Å². The molecule has 0 saturated carbocycles. The SMILES string of the molecule is COc1ccc(C)cc1NC(=O)c1ccn(C(C)C(=O)O)n1. The number of methoxy groups -OCH3 is 1. The number of carbonyl (C=O) groups is 2. The second-order valence-corrected chi connectivity index (χ2v) is 4.85. The minimum absolute atomic E-state index is 0.136. The van der Waals surface area contributed by atoms with Crippen LogP contribution >= 0.6 is 0 Å². The standard InChI is InChI=1S/C15H17N3O4/c1-9-4-5-13(22-3)12(8-9)16-14(19)11-6-7-18(17-11)10(2)15(20)21/h4-8,10H,1-3H3,(H,16,19)(H,20,21). The zero-order chi connectivity index (χ0) is 16.3. The van der Waals surface area contributed by atoms with Crippen molar-refractivity contribution in [1.29, 1.82) is 0 Å². The minimum Gasteiger partial charge on any atom is -0.495 e. The summed E-state index contributed by atoms with van der Waals surface area (Å²) in [4.78, 5) is 23.1. The zero-order valence-electron chi connectivity index (χ0n) is 12.5. The molecule has 0 aliphatic heterocycles. The molecule has 0 bridgehead atoms. The van der Waals surface area contributed by atoms with Gasteiger partial charge in [-0.25, -0.2) is 4.79 Å². The molecule has 2 N–H and O–H groups in total.